The summed E-state index contributed by atoms with van der Waals surface area (Å²) in [5.41, 5.74) is 4.28. The summed E-state index contributed by atoms with van der Waals surface area (Å²) in [6.45, 7) is 0.169. The van der Waals surface area contributed by atoms with E-state index >= 15 is 0 Å². The number of thiophene rings is 1. The Labute approximate surface area is 204 Å². The van der Waals surface area contributed by atoms with Gasteiger partial charge >= 0.3 is 0 Å². The number of hydrogen-bond acceptors (Lipinski definition) is 8. The first-order valence-corrected chi connectivity index (χ1v) is 12.8. The molecule has 0 spiro atoms. The van der Waals surface area contributed by atoms with Crippen LogP contribution in [0.25, 0.3) is 31.9 Å². The lowest BCUT2D eigenvalue weighted by atomic mass is 10.1. The number of nitrogens with zero attached hydrogens (tertiary/aromatic N) is 4. The van der Waals surface area contributed by atoms with E-state index in [2.05, 4.69) is 30.0 Å². The van der Waals surface area contributed by atoms with E-state index < -0.39 is 15.9 Å². The maximum Gasteiger partial charge on any atom is 0.261 e. The van der Waals surface area contributed by atoms with Gasteiger partial charge in [-0.2, -0.15) is 0 Å². The lowest BCUT2D eigenvalue weighted by Gasteiger charge is -2.11. The van der Waals surface area contributed by atoms with Crippen LogP contribution in [0.1, 0.15) is 16.1 Å². The molecule has 0 fully saturated rings. The lowest BCUT2D eigenvalue weighted by molar-refractivity contribution is 0.0950. The number of pyridine rings is 2. The Balaban J connectivity index is 1.55. The van der Waals surface area contributed by atoms with E-state index in [-0.39, 0.29) is 17.0 Å². The summed E-state index contributed by atoms with van der Waals surface area (Å²) in [7, 11) is -3.95. The number of benzene rings is 1. The van der Waals surface area contributed by atoms with Gasteiger partial charge in [0.2, 0.25) is 0 Å². The minimum atomic E-state index is -3.95. The second-order valence-corrected chi connectivity index (χ2v) is 10.6. The highest BCUT2D eigenvalue weighted by Gasteiger charge is 2.19. The number of aromatic nitrogens is 4. The summed E-state index contributed by atoms with van der Waals surface area (Å²) < 4.78 is 29.5. The van der Waals surface area contributed by atoms with E-state index in [0.29, 0.717) is 11.4 Å². The third-order valence-corrected chi connectivity index (χ3v) is 8.07. The Hall–Kier alpha value is -4.22. The predicted octanol–water partition coefficient (Wildman–Crippen LogP) is 3.86. The van der Waals surface area contributed by atoms with Gasteiger partial charge in [-0.25, -0.2) is 18.4 Å². The van der Waals surface area contributed by atoms with E-state index in [1.807, 2.05) is 18.2 Å². The first kappa shape index (κ1) is 21.3. The Bertz CT molecular complexity index is 1730. The average molecular weight is 501 g/mol. The molecule has 1 aliphatic rings. The van der Waals surface area contributed by atoms with Crippen LogP contribution in [-0.4, -0.2) is 34.3 Å². The highest BCUT2D eigenvalue weighted by atomic mass is 32.2. The van der Waals surface area contributed by atoms with E-state index in [9.17, 15) is 13.2 Å². The smallest absolute Gasteiger partial charge is 0.261 e. The highest BCUT2D eigenvalue weighted by molar-refractivity contribution is 7.92. The molecule has 0 unspecified atom stereocenters. The molecule has 8 bridgehead atoms. The second-order valence-electron chi connectivity index (χ2n) is 7.86. The zero-order chi connectivity index (χ0) is 24.0. The van der Waals surface area contributed by atoms with Crippen LogP contribution in [0.3, 0.4) is 0 Å². The van der Waals surface area contributed by atoms with E-state index in [1.54, 1.807) is 24.5 Å². The average Bonchev–Trinajstić information content (AvgIpc) is 3.32. The number of sulfonamides is 1. The predicted molar refractivity (Wildman–Crippen MR) is 132 cm³/mol. The minimum absolute atomic E-state index is 0.0291. The molecular formula is C24H16N6O3S2. The minimum Gasteiger partial charge on any atom is -0.346 e. The Kier molecular flexibility index (Phi) is 5.01. The quantitative estimate of drug-likeness (QED) is 0.331. The van der Waals surface area contributed by atoms with Crippen LogP contribution < -0.4 is 10.0 Å². The molecule has 0 saturated heterocycles. The lowest BCUT2D eigenvalue weighted by Crippen LogP contribution is -2.24. The summed E-state index contributed by atoms with van der Waals surface area (Å²) in [6, 6.07) is 13.2. The number of carbonyl (C=O) groups is 1. The standard InChI is InChI=1S/C24H16N6O3S2/c31-24-15-2-1-3-19(8-15)35(32,33)30-18-7-16(10-25-11-18)21-9-20-23(34-21)22(29-13-28-20)14-4-5-26-17(6-14)12-27-24/h1-11,13,30H,12H2,(H,27,31). The summed E-state index contributed by atoms with van der Waals surface area (Å²) in [5.74, 6) is -0.411. The number of fused-ring (bicyclic) bond motifs is 9. The molecule has 0 radical (unpaired) electrons. The molecule has 1 amide bonds. The van der Waals surface area contributed by atoms with Crippen molar-refractivity contribution in [3.8, 4) is 21.7 Å². The van der Waals surface area contributed by atoms with Crippen molar-refractivity contribution in [1.82, 2.24) is 25.3 Å². The monoisotopic (exact) mass is 500 g/mol. The van der Waals surface area contributed by atoms with Crippen LogP contribution in [0, 0.1) is 0 Å². The van der Waals surface area contributed by atoms with E-state index in [1.165, 1.54) is 42.1 Å². The van der Waals surface area contributed by atoms with Crippen molar-refractivity contribution in [1.29, 1.82) is 0 Å². The molecule has 9 nitrogen and oxygen atoms in total. The summed E-state index contributed by atoms with van der Waals surface area (Å²) in [4.78, 5) is 31.1. The number of nitrogens with one attached hydrogen (secondary N) is 2. The van der Waals surface area contributed by atoms with Crippen molar-refractivity contribution >= 4 is 43.2 Å². The molecule has 35 heavy (non-hydrogen) atoms. The molecule has 172 valence electrons. The van der Waals surface area contributed by atoms with Crippen LogP contribution in [0.15, 0.2) is 78.3 Å². The summed E-state index contributed by atoms with van der Waals surface area (Å²) in [6.07, 6.45) is 6.29. The van der Waals surface area contributed by atoms with Crippen LogP contribution in [0.2, 0.25) is 0 Å². The molecule has 11 heteroatoms. The highest BCUT2D eigenvalue weighted by Crippen LogP contribution is 2.37. The van der Waals surface area contributed by atoms with E-state index in [4.69, 9.17) is 0 Å². The van der Waals surface area contributed by atoms with Crippen molar-refractivity contribution in [3.63, 3.8) is 0 Å². The Morgan fingerprint density at radius 2 is 1.83 bits per heavy atom. The largest absolute Gasteiger partial charge is 0.346 e. The number of anilines is 1. The van der Waals surface area contributed by atoms with Gasteiger partial charge in [0.15, 0.2) is 0 Å². The van der Waals surface area contributed by atoms with Crippen molar-refractivity contribution in [2.24, 2.45) is 0 Å². The van der Waals surface area contributed by atoms with E-state index in [0.717, 1.165) is 31.9 Å². The van der Waals surface area contributed by atoms with Gasteiger partial charge in [0, 0.05) is 34.0 Å². The molecule has 1 aromatic carbocycles. The van der Waals surface area contributed by atoms with Gasteiger partial charge in [0.1, 0.15) is 6.33 Å². The van der Waals surface area contributed by atoms with Crippen LogP contribution in [0.4, 0.5) is 5.69 Å². The van der Waals surface area contributed by atoms with Crippen molar-refractivity contribution in [3.05, 3.63) is 84.7 Å². The van der Waals surface area contributed by atoms with Crippen molar-refractivity contribution in [2.75, 3.05) is 4.72 Å². The molecule has 4 aromatic heterocycles. The third-order valence-electron chi connectivity index (χ3n) is 5.51. The Morgan fingerprint density at radius 3 is 2.74 bits per heavy atom. The molecule has 0 saturated carbocycles. The zero-order valence-corrected chi connectivity index (χ0v) is 19.6. The summed E-state index contributed by atoms with van der Waals surface area (Å²) >= 11 is 1.49. The zero-order valence-electron chi connectivity index (χ0n) is 18.0. The number of carbonyl (C=O) groups excluding carboxylic acids is 1. The summed E-state index contributed by atoms with van der Waals surface area (Å²) in [5, 5.41) is 2.81. The van der Waals surface area contributed by atoms with Crippen LogP contribution in [-0.2, 0) is 16.6 Å². The van der Waals surface area contributed by atoms with Crippen LogP contribution in [0.5, 0.6) is 0 Å². The fourth-order valence-electron chi connectivity index (χ4n) is 3.85. The van der Waals surface area contributed by atoms with Gasteiger partial charge in [0.05, 0.1) is 44.9 Å². The molecule has 2 N–H and O–H groups in total. The van der Waals surface area contributed by atoms with Gasteiger partial charge in [-0.1, -0.05) is 6.07 Å². The van der Waals surface area contributed by atoms with Gasteiger partial charge in [-0.05, 0) is 42.5 Å². The third kappa shape index (κ3) is 4.00. The number of rotatable bonds is 0. The van der Waals surface area contributed by atoms with Gasteiger partial charge in [-0.3, -0.25) is 19.5 Å². The Morgan fingerprint density at radius 1 is 0.914 bits per heavy atom. The molecule has 1 aliphatic heterocycles. The first-order valence-electron chi connectivity index (χ1n) is 10.5. The van der Waals surface area contributed by atoms with Crippen LogP contribution >= 0.6 is 11.3 Å². The molecular weight excluding hydrogens is 484 g/mol. The first-order chi connectivity index (χ1) is 17.0. The number of hydrogen-bond donors (Lipinski definition) is 2. The van der Waals surface area contributed by atoms with Gasteiger partial charge in [-0.15, -0.1) is 11.3 Å². The maximum absolute atomic E-state index is 13.1. The molecule has 0 atom stereocenters. The fourth-order valence-corrected chi connectivity index (χ4v) is 6.03. The fraction of sp³-hybridized carbons (Fsp3) is 0.0417. The molecule has 6 rings (SSSR count). The molecule has 0 aliphatic carbocycles. The van der Waals surface area contributed by atoms with Gasteiger partial charge < -0.3 is 5.32 Å². The van der Waals surface area contributed by atoms with Crippen molar-refractivity contribution in [2.45, 2.75) is 11.4 Å². The molecule has 5 heterocycles. The number of amides is 1. The normalized spacial score (nSPS) is 14.6. The van der Waals surface area contributed by atoms with Gasteiger partial charge in [0.25, 0.3) is 15.9 Å². The molecule has 5 aromatic rings. The maximum atomic E-state index is 13.1. The SMILES string of the molecule is O=C1NCc2cc(ccn2)-c2ncnc3cc(sc23)-c2cncc(c2)NS(=O)(=O)c2cccc1c2. The van der Waals surface area contributed by atoms with Crippen molar-refractivity contribution < 1.29 is 13.2 Å². The topological polar surface area (TPSA) is 127 Å². The second kappa shape index (κ2) is 8.22.